The van der Waals surface area contributed by atoms with Crippen LogP contribution >= 0.6 is 23.2 Å². The normalized spacial score (nSPS) is 23.7. The summed E-state index contributed by atoms with van der Waals surface area (Å²) in [4.78, 5) is 2.37. The first-order valence-electron chi connectivity index (χ1n) is 7.05. The van der Waals surface area contributed by atoms with Crippen LogP contribution in [0.15, 0.2) is 18.2 Å². The Hall–Kier alpha value is -0.440. The molecule has 2 rings (SSSR count). The maximum absolute atomic E-state index is 6.29. The van der Waals surface area contributed by atoms with E-state index in [0.29, 0.717) is 17.0 Å². The van der Waals surface area contributed by atoms with Crippen molar-refractivity contribution >= 4 is 28.9 Å². The van der Waals surface area contributed by atoms with Gasteiger partial charge in [0.2, 0.25) is 0 Å². The minimum absolute atomic E-state index is 0.627. The van der Waals surface area contributed by atoms with Crippen LogP contribution in [0.5, 0.6) is 0 Å². The van der Waals surface area contributed by atoms with Gasteiger partial charge in [-0.3, -0.25) is 0 Å². The van der Waals surface area contributed by atoms with E-state index in [9.17, 15) is 0 Å². The second-order valence-corrected chi connectivity index (χ2v) is 6.21. The summed E-state index contributed by atoms with van der Waals surface area (Å²) in [6, 6.07) is 6.39. The van der Waals surface area contributed by atoms with E-state index < -0.39 is 0 Å². The van der Waals surface area contributed by atoms with Crippen LogP contribution in [0.3, 0.4) is 0 Å². The molecule has 106 valence electrons. The molecule has 1 aliphatic rings. The van der Waals surface area contributed by atoms with Gasteiger partial charge in [-0.25, -0.2) is 0 Å². The van der Waals surface area contributed by atoms with E-state index in [4.69, 9.17) is 23.2 Å². The Balaban J connectivity index is 2.01. The summed E-state index contributed by atoms with van der Waals surface area (Å²) >= 11 is 12.2. The molecule has 1 fully saturated rings. The van der Waals surface area contributed by atoms with Gasteiger partial charge in [0.1, 0.15) is 0 Å². The molecule has 0 aromatic heterocycles. The van der Waals surface area contributed by atoms with E-state index >= 15 is 0 Å². The van der Waals surface area contributed by atoms with Gasteiger partial charge in [0.25, 0.3) is 0 Å². The summed E-state index contributed by atoms with van der Waals surface area (Å²) in [5.74, 6) is 0.632. The van der Waals surface area contributed by atoms with Crippen molar-refractivity contribution in [2.24, 2.45) is 5.92 Å². The number of nitrogens with one attached hydrogen (secondary N) is 1. The molecule has 1 aromatic rings. The maximum Gasteiger partial charge on any atom is 0.0654 e. The molecule has 1 aromatic carbocycles. The fraction of sp³-hybridized carbons (Fsp3) is 0.600. The van der Waals surface area contributed by atoms with Crippen LogP contribution in [-0.4, -0.2) is 25.7 Å². The zero-order valence-corrected chi connectivity index (χ0v) is 13.1. The summed E-state index contributed by atoms with van der Waals surface area (Å²) < 4.78 is 0. The molecule has 19 heavy (non-hydrogen) atoms. The molecule has 0 radical (unpaired) electrons. The predicted octanol–water partition coefficient (Wildman–Crippen LogP) is 4.21. The van der Waals surface area contributed by atoms with Crippen molar-refractivity contribution in [1.82, 2.24) is 5.32 Å². The first kappa shape index (κ1) is 15.0. The molecule has 1 aliphatic heterocycles. The fourth-order valence-corrected chi connectivity index (χ4v) is 3.26. The van der Waals surface area contributed by atoms with E-state index in [-0.39, 0.29) is 0 Å². The Bertz CT molecular complexity index is 423. The third-order valence-corrected chi connectivity index (χ3v) is 4.35. The molecule has 2 nitrogen and oxygen atoms in total. The average Bonchev–Trinajstić information content (AvgIpc) is 2.37. The van der Waals surface area contributed by atoms with Crippen molar-refractivity contribution in [1.29, 1.82) is 0 Å². The molecule has 4 heteroatoms. The lowest BCUT2D eigenvalue weighted by Gasteiger charge is -2.39. The highest BCUT2D eigenvalue weighted by molar-refractivity contribution is 6.36. The van der Waals surface area contributed by atoms with Crippen LogP contribution < -0.4 is 10.2 Å². The summed E-state index contributed by atoms with van der Waals surface area (Å²) in [6.07, 6.45) is 2.36. The Morgan fingerprint density at radius 2 is 2.16 bits per heavy atom. The van der Waals surface area contributed by atoms with E-state index in [0.717, 1.165) is 30.3 Å². The third kappa shape index (κ3) is 3.77. The Kier molecular flexibility index (Phi) is 5.37. The fourth-order valence-electron chi connectivity index (χ4n) is 2.74. The highest BCUT2D eigenvalue weighted by atomic mass is 35.5. The molecule has 1 saturated heterocycles. The van der Waals surface area contributed by atoms with E-state index in [1.807, 2.05) is 18.2 Å². The minimum Gasteiger partial charge on any atom is -0.370 e. The number of hydrogen-bond acceptors (Lipinski definition) is 2. The lowest BCUT2D eigenvalue weighted by atomic mass is 9.93. The molecule has 2 unspecified atom stereocenters. The van der Waals surface area contributed by atoms with Crippen molar-refractivity contribution in [3.63, 3.8) is 0 Å². The molecule has 0 spiro atoms. The van der Waals surface area contributed by atoms with Gasteiger partial charge in [0.05, 0.1) is 10.7 Å². The number of benzene rings is 1. The van der Waals surface area contributed by atoms with E-state index in [2.05, 4.69) is 24.1 Å². The molecule has 2 atom stereocenters. The SMILES string of the molecule is CCCNC1CCN(c2ccc(Cl)cc2Cl)CC1C. The van der Waals surface area contributed by atoms with Crippen molar-refractivity contribution in [2.45, 2.75) is 32.7 Å². The molecular weight excluding hydrogens is 279 g/mol. The molecule has 0 saturated carbocycles. The first-order chi connectivity index (χ1) is 9.11. The third-order valence-electron chi connectivity index (χ3n) is 3.81. The van der Waals surface area contributed by atoms with Gasteiger partial charge in [0.15, 0.2) is 0 Å². The molecule has 1 heterocycles. The van der Waals surface area contributed by atoms with Crippen molar-refractivity contribution in [2.75, 3.05) is 24.5 Å². The number of halogens is 2. The predicted molar refractivity (Wildman–Crippen MR) is 84.5 cm³/mol. The van der Waals surface area contributed by atoms with Gasteiger partial charge >= 0.3 is 0 Å². The topological polar surface area (TPSA) is 15.3 Å². The van der Waals surface area contributed by atoms with Crippen LogP contribution in [0.2, 0.25) is 10.0 Å². The Labute approximate surface area is 126 Å². The molecule has 0 bridgehead atoms. The van der Waals surface area contributed by atoms with Crippen LogP contribution in [0, 0.1) is 5.92 Å². The zero-order chi connectivity index (χ0) is 13.8. The van der Waals surface area contributed by atoms with Crippen molar-refractivity contribution in [3.8, 4) is 0 Å². The maximum atomic E-state index is 6.29. The second kappa shape index (κ2) is 6.83. The Morgan fingerprint density at radius 1 is 1.37 bits per heavy atom. The highest BCUT2D eigenvalue weighted by Gasteiger charge is 2.26. The van der Waals surface area contributed by atoms with Gasteiger partial charge in [-0.2, -0.15) is 0 Å². The highest BCUT2D eigenvalue weighted by Crippen LogP contribution is 2.31. The van der Waals surface area contributed by atoms with Crippen molar-refractivity contribution < 1.29 is 0 Å². The standard InChI is InChI=1S/C15H22Cl2N2/c1-3-7-18-14-6-8-19(10-11(14)2)15-5-4-12(16)9-13(15)17/h4-5,9,11,14,18H,3,6-8,10H2,1-2H3. The van der Waals surface area contributed by atoms with Crippen LogP contribution in [0.25, 0.3) is 0 Å². The summed E-state index contributed by atoms with van der Waals surface area (Å²) in [5.41, 5.74) is 1.10. The minimum atomic E-state index is 0.627. The number of nitrogens with zero attached hydrogens (tertiary/aromatic N) is 1. The summed E-state index contributed by atoms with van der Waals surface area (Å²) in [6.45, 7) is 7.72. The van der Waals surface area contributed by atoms with E-state index in [1.54, 1.807) is 0 Å². The molecule has 0 amide bonds. The number of rotatable bonds is 4. The van der Waals surface area contributed by atoms with Gasteiger partial charge in [-0.15, -0.1) is 0 Å². The lowest BCUT2D eigenvalue weighted by molar-refractivity contribution is 0.322. The number of hydrogen-bond donors (Lipinski definition) is 1. The zero-order valence-electron chi connectivity index (χ0n) is 11.6. The summed E-state index contributed by atoms with van der Waals surface area (Å²) in [7, 11) is 0. The van der Waals surface area contributed by atoms with Gasteiger partial charge in [-0.05, 0) is 43.5 Å². The van der Waals surface area contributed by atoms with E-state index in [1.165, 1.54) is 12.8 Å². The van der Waals surface area contributed by atoms with Crippen LogP contribution in [0.1, 0.15) is 26.7 Å². The molecule has 1 N–H and O–H groups in total. The smallest absolute Gasteiger partial charge is 0.0654 e. The lowest BCUT2D eigenvalue weighted by Crippen LogP contribution is -2.48. The Morgan fingerprint density at radius 3 is 2.79 bits per heavy atom. The largest absolute Gasteiger partial charge is 0.370 e. The van der Waals surface area contributed by atoms with Crippen LogP contribution in [-0.2, 0) is 0 Å². The van der Waals surface area contributed by atoms with Crippen molar-refractivity contribution in [3.05, 3.63) is 28.2 Å². The number of anilines is 1. The van der Waals surface area contributed by atoms with Crippen LogP contribution in [0.4, 0.5) is 5.69 Å². The molecule has 0 aliphatic carbocycles. The monoisotopic (exact) mass is 300 g/mol. The van der Waals surface area contributed by atoms with Gasteiger partial charge in [0, 0.05) is 24.2 Å². The first-order valence-corrected chi connectivity index (χ1v) is 7.80. The second-order valence-electron chi connectivity index (χ2n) is 5.37. The average molecular weight is 301 g/mol. The van der Waals surface area contributed by atoms with Gasteiger partial charge in [-0.1, -0.05) is 37.0 Å². The molecular formula is C15H22Cl2N2. The number of piperidine rings is 1. The summed E-state index contributed by atoms with van der Waals surface area (Å²) in [5, 5.41) is 5.08. The quantitative estimate of drug-likeness (QED) is 0.896. The van der Waals surface area contributed by atoms with Gasteiger partial charge < -0.3 is 10.2 Å².